The van der Waals surface area contributed by atoms with Crippen molar-refractivity contribution in [1.82, 2.24) is 4.90 Å². The van der Waals surface area contributed by atoms with Gasteiger partial charge in [-0.25, -0.2) is 0 Å². The number of ether oxygens (including phenoxy) is 2. The quantitative estimate of drug-likeness (QED) is 0.216. The van der Waals surface area contributed by atoms with Crippen molar-refractivity contribution in [3.8, 4) is 5.75 Å². The SMILES string of the molecule is COCCCN1C(=O)C(=O)C(=C(O)c2ccc(OCc3ccccc3C)cc2)C1c1ccco1. The lowest BCUT2D eigenvalue weighted by atomic mass is 9.99. The van der Waals surface area contributed by atoms with Gasteiger partial charge in [0, 0.05) is 25.8 Å². The molecule has 7 heteroatoms. The predicted molar refractivity (Wildman–Crippen MR) is 126 cm³/mol. The number of likely N-dealkylation sites (tertiary alicyclic amines) is 1. The number of aliphatic hydroxyl groups is 1. The van der Waals surface area contributed by atoms with Gasteiger partial charge in [-0.05, 0) is 60.9 Å². The fourth-order valence-electron chi connectivity index (χ4n) is 4.03. The molecule has 176 valence electrons. The smallest absolute Gasteiger partial charge is 0.295 e. The number of amides is 1. The molecular formula is C27H27NO6. The first-order valence-electron chi connectivity index (χ1n) is 11.1. The number of ketones is 1. The summed E-state index contributed by atoms with van der Waals surface area (Å²) in [6.45, 7) is 3.19. The van der Waals surface area contributed by atoms with E-state index < -0.39 is 17.7 Å². The minimum Gasteiger partial charge on any atom is -0.507 e. The molecule has 0 bridgehead atoms. The second-order valence-corrected chi connectivity index (χ2v) is 8.09. The van der Waals surface area contributed by atoms with E-state index >= 15 is 0 Å². The summed E-state index contributed by atoms with van der Waals surface area (Å²) in [6, 6.07) is 17.3. The van der Waals surface area contributed by atoms with Crippen LogP contribution in [0.5, 0.6) is 5.75 Å². The van der Waals surface area contributed by atoms with Crippen LogP contribution in [0.2, 0.25) is 0 Å². The topological polar surface area (TPSA) is 89.2 Å². The van der Waals surface area contributed by atoms with Gasteiger partial charge in [0.1, 0.15) is 29.9 Å². The summed E-state index contributed by atoms with van der Waals surface area (Å²) in [5.74, 6) is -0.619. The Morgan fingerprint density at radius 3 is 2.50 bits per heavy atom. The van der Waals surface area contributed by atoms with Crippen LogP contribution in [-0.4, -0.2) is 42.0 Å². The molecule has 1 atom stereocenters. The van der Waals surface area contributed by atoms with Crippen molar-refractivity contribution >= 4 is 17.4 Å². The third-order valence-electron chi connectivity index (χ3n) is 5.88. The van der Waals surface area contributed by atoms with Crippen LogP contribution in [0.4, 0.5) is 0 Å². The number of aliphatic hydroxyl groups excluding tert-OH is 1. The van der Waals surface area contributed by atoms with Crippen molar-refractivity contribution < 1.29 is 28.6 Å². The lowest BCUT2D eigenvalue weighted by molar-refractivity contribution is -0.140. The van der Waals surface area contributed by atoms with Crippen LogP contribution >= 0.6 is 0 Å². The van der Waals surface area contributed by atoms with Crippen molar-refractivity contribution in [3.63, 3.8) is 0 Å². The Morgan fingerprint density at radius 2 is 1.82 bits per heavy atom. The summed E-state index contributed by atoms with van der Waals surface area (Å²) < 4.78 is 16.5. The monoisotopic (exact) mass is 461 g/mol. The number of carbonyl (C=O) groups is 2. The van der Waals surface area contributed by atoms with E-state index in [-0.39, 0.29) is 11.3 Å². The first kappa shape index (κ1) is 23.3. The Kier molecular flexibility index (Phi) is 7.13. The molecule has 0 saturated carbocycles. The second-order valence-electron chi connectivity index (χ2n) is 8.09. The zero-order chi connectivity index (χ0) is 24.1. The average Bonchev–Trinajstić information content (AvgIpc) is 3.46. The van der Waals surface area contributed by atoms with Gasteiger partial charge in [-0.15, -0.1) is 0 Å². The Hall–Kier alpha value is -3.84. The number of rotatable bonds is 9. The molecule has 2 aromatic carbocycles. The summed E-state index contributed by atoms with van der Waals surface area (Å²) >= 11 is 0. The Labute approximate surface area is 198 Å². The lowest BCUT2D eigenvalue weighted by Gasteiger charge is -2.23. The highest BCUT2D eigenvalue weighted by atomic mass is 16.5. The predicted octanol–water partition coefficient (Wildman–Crippen LogP) is 4.63. The van der Waals surface area contributed by atoms with Crippen LogP contribution in [0.3, 0.4) is 0 Å². The molecule has 2 heterocycles. The number of aryl methyl sites for hydroxylation is 1. The van der Waals surface area contributed by atoms with Crippen molar-refractivity contribution in [2.45, 2.75) is 26.0 Å². The summed E-state index contributed by atoms with van der Waals surface area (Å²) in [6.07, 6.45) is 2.03. The van der Waals surface area contributed by atoms with Crippen molar-refractivity contribution in [2.24, 2.45) is 0 Å². The van der Waals surface area contributed by atoms with Gasteiger partial charge in [0.15, 0.2) is 0 Å². The first-order valence-corrected chi connectivity index (χ1v) is 11.1. The van der Waals surface area contributed by atoms with E-state index in [9.17, 15) is 14.7 Å². The second kappa shape index (κ2) is 10.4. The van der Waals surface area contributed by atoms with Gasteiger partial charge in [0.05, 0.1) is 11.8 Å². The molecule has 1 aromatic heterocycles. The molecule has 0 aliphatic carbocycles. The molecule has 3 aromatic rings. The van der Waals surface area contributed by atoms with E-state index in [0.717, 1.165) is 11.1 Å². The van der Waals surface area contributed by atoms with Crippen LogP contribution in [0.15, 0.2) is 76.9 Å². The van der Waals surface area contributed by atoms with Gasteiger partial charge in [-0.1, -0.05) is 24.3 Å². The molecule has 0 radical (unpaired) electrons. The molecule has 1 N–H and O–H groups in total. The third-order valence-corrected chi connectivity index (χ3v) is 5.88. The maximum atomic E-state index is 12.9. The van der Waals surface area contributed by atoms with Gasteiger partial charge >= 0.3 is 0 Å². The summed E-state index contributed by atoms with van der Waals surface area (Å²) in [4.78, 5) is 27.1. The van der Waals surface area contributed by atoms with E-state index in [0.29, 0.717) is 43.3 Å². The highest BCUT2D eigenvalue weighted by Gasteiger charge is 2.47. The molecule has 1 amide bonds. The van der Waals surface area contributed by atoms with Gasteiger partial charge in [0.25, 0.3) is 11.7 Å². The molecule has 1 unspecified atom stereocenters. The summed E-state index contributed by atoms with van der Waals surface area (Å²) in [5.41, 5.74) is 2.65. The van der Waals surface area contributed by atoms with Gasteiger partial charge in [0.2, 0.25) is 0 Å². The van der Waals surface area contributed by atoms with Crippen LogP contribution in [0, 0.1) is 6.92 Å². The fraction of sp³-hybridized carbons (Fsp3) is 0.259. The Bertz CT molecular complexity index is 1180. The van der Waals surface area contributed by atoms with Crippen LogP contribution in [-0.2, 0) is 20.9 Å². The number of carbonyl (C=O) groups excluding carboxylic acids is 2. The Morgan fingerprint density at radius 1 is 1.06 bits per heavy atom. The number of hydrogen-bond donors (Lipinski definition) is 1. The molecule has 1 aliphatic rings. The van der Waals surface area contributed by atoms with Gasteiger partial charge in [-0.3, -0.25) is 9.59 Å². The summed E-state index contributed by atoms with van der Waals surface area (Å²) in [5, 5.41) is 11.1. The van der Waals surface area contributed by atoms with E-state index in [2.05, 4.69) is 0 Å². The minimum atomic E-state index is -0.802. The summed E-state index contributed by atoms with van der Waals surface area (Å²) in [7, 11) is 1.58. The normalized spacial score (nSPS) is 17.4. The number of hydrogen-bond acceptors (Lipinski definition) is 6. The highest BCUT2D eigenvalue weighted by Crippen LogP contribution is 2.39. The third kappa shape index (κ3) is 4.75. The molecule has 1 aliphatic heterocycles. The largest absolute Gasteiger partial charge is 0.507 e. The zero-order valence-electron chi connectivity index (χ0n) is 19.2. The van der Waals surface area contributed by atoms with E-state index in [1.807, 2.05) is 31.2 Å². The maximum absolute atomic E-state index is 12.9. The van der Waals surface area contributed by atoms with E-state index in [1.165, 1.54) is 11.2 Å². The highest BCUT2D eigenvalue weighted by molar-refractivity contribution is 6.46. The van der Waals surface area contributed by atoms with Gasteiger partial charge in [-0.2, -0.15) is 0 Å². The van der Waals surface area contributed by atoms with Crippen LogP contribution in [0.25, 0.3) is 5.76 Å². The van der Waals surface area contributed by atoms with Crippen LogP contribution in [0.1, 0.15) is 34.9 Å². The van der Waals surface area contributed by atoms with Gasteiger partial charge < -0.3 is 23.9 Å². The number of nitrogens with zero attached hydrogens (tertiary/aromatic N) is 1. The molecule has 4 rings (SSSR count). The van der Waals surface area contributed by atoms with Crippen LogP contribution < -0.4 is 4.74 Å². The Balaban J connectivity index is 1.59. The van der Waals surface area contributed by atoms with E-state index in [1.54, 1.807) is 43.5 Å². The zero-order valence-corrected chi connectivity index (χ0v) is 19.2. The fourth-order valence-corrected chi connectivity index (χ4v) is 4.03. The number of methoxy groups -OCH3 is 1. The average molecular weight is 462 g/mol. The number of benzene rings is 2. The van der Waals surface area contributed by atoms with E-state index in [4.69, 9.17) is 13.9 Å². The molecule has 0 spiro atoms. The van der Waals surface area contributed by atoms with Crippen molar-refractivity contribution in [1.29, 1.82) is 0 Å². The number of furan rings is 1. The number of Topliss-reactive ketones (excluding diaryl/α,β-unsaturated/α-hetero) is 1. The minimum absolute atomic E-state index is 0.00551. The standard InChI is InChI=1S/C27H27NO6/c1-18-7-3-4-8-20(18)17-34-21-12-10-19(11-13-21)25(29)23-24(22-9-5-16-33-22)28(14-6-15-32-2)27(31)26(23)30/h3-5,7-13,16,24,29H,6,14-15,17H2,1-2H3. The molecular weight excluding hydrogens is 434 g/mol. The molecule has 1 saturated heterocycles. The van der Waals surface area contributed by atoms with Crippen molar-refractivity contribution in [2.75, 3.05) is 20.3 Å². The maximum Gasteiger partial charge on any atom is 0.295 e. The van der Waals surface area contributed by atoms with Crippen molar-refractivity contribution in [3.05, 3.63) is 95.0 Å². The molecule has 34 heavy (non-hydrogen) atoms. The molecule has 7 nitrogen and oxygen atoms in total. The lowest BCUT2D eigenvalue weighted by Crippen LogP contribution is -2.31. The molecule has 1 fully saturated rings. The first-order chi connectivity index (χ1) is 16.5.